The minimum absolute atomic E-state index is 0.0806. The van der Waals surface area contributed by atoms with Gasteiger partial charge in [-0.25, -0.2) is 9.78 Å². The quantitative estimate of drug-likeness (QED) is 0.720. The van der Waals surface area contributed by atoms with E-state index in [4.69, 9.17) is 5.11 Å². The van der Waals surface area contributed by atoms with Crippen LogP contribution in [0.5, 0.6) is 5.88 Å². The van der Waals surface area contributed by atoms with Crippen LogP contribution in [0, 0.1) is 12.7 Å². The van der Waals surface area contributed by atoms with Crippen LogP contribution in [0.3, 0.4) is 0 Å². The molecule has 78 valence electrons. The zero-order valence-electron chi connectivity index (χ0n) is 7.60. The van der Waals surface area contributed by atoms with E-state index >= 15 is 0 Å². The summed E-state index contributed by atoms with van der Waals surface area (Å²) in [5.74, 6) is -2.89. The largest absolute Gasteiger partial charge is 0.491 e. The number of aromatic carboxylic acids is 1. The van der Waals surface area contributed by atoms with E-state index in [9.17, 15) is 14.3 Å². The number of fused-ring (bicyclic) bond motifs is 1. The molecule has 15 heavy (non-hydrogen) atoms. The van der Waals surface area contributed by atoms with Crippen LogP contribution in [0.1, 0.15) is 16.1 Å². The summed E-state index contributed by atoms with van der Waals surface area (Å²) < 4.78 is 13.9. The summed E-state index contributed by atoms with van der Waals surface area (Å²) in [6.45, 7) is 1.33. The second kappa shape index (κ2) is 2.91. The molecule has 0 unspecified atom stereocenters. The van der Waals surface area contributed by atoms with Crippen molar-refractivity contribution in [3.63, 3.8) is 0 Å². The molecule has 2 aromatic heterocycles. The molecule has 6 nitrogen and oxygen atoms in total. The lowest BCUT2D eigenvalue weighted by Crippen LogP contribution is -2.02. The maximum Gasteiger partial charge on any atom is 0.341 e. The summed E-state index contributed by atoms with van der Waals surface area (Å²) in [5.41, 5.74) is -0.352. The molecule has 0 aliphatic rings. The first-order chi connectivity index (χ1) is 7.02. The topological polar surface area (TPSA) is 87.7 Å². The van der Waals surface area contributed by atoms with Crippen LogP contribution < -0.4 is 0 Å². The highest BCUT2D eigenvalue weighted by Gasteiger charge is 2.18. The van der Waals surface area contributed by atoms with E-state index in [1.54, 1.807) is 0 Å². The lowest BCUT2D eigenvalue weighted by Gasteiger charge is -2.01. The Hall–Kier alpha value is -2.18. The number of aromatic nitrogens is 3. The predicted molar refractivity (Wildman–Crippen MR) is 46.3 cm³/mol. The van der Waals surface area contributed by atoms with E-state index in [0.29, 0.717) is 0 Å². The van der Waals surface area contributed by atoms with Gasteiger partial charge in [0, 0.05) is 0 Å². The third kappa shape index (κ3) is 1.20. The lowest BCUT2D eigenvalue weighted by atomic mass is 10.3. The van der Waals surface area contributed by atoms with Crippen LogP contribution in [0.4, 0.5) is 4.39 Å². The maximum atomic E-state index is 13.2. The van der Waals surface area contributed by atoms with Crippen molar-refractivity contribution in [2.45, 2.75) is 6.92 Å². The standard InChI is InChI=1S/C8H6FN3O3/c1-3-5(9)7(13)12-6(11-3)4(2-10-12)8(14)15/h2,13H,1H3,(H,14,15). The highest BCUT2D eigenvalue weighted by Crippen LogP contribution is 2.20. The Labute approximate surface area is 82.6 Å². The van der Waals surface area contributed by atoms with Gasteiger partial charge in [0.15, 0.2) is 5.65 Å². The van der Waals surface area contributed by atoms with Crippen molar-refractivity contribution < 1.29 is 19.4 Å². The van der Waals surface area contributed by atoms with Crippen molar-refractivity contribution in [3.05, 3.63) is 23.3 Å². The molecule has 0 fully saturated rings. The third-order valence-electron chi connectivity index (χ3n) is 1.96. The number of nitrogens with zero attached hydrogens (tertiary/aromatic N) is 3. The number of carboxylic acid groups (broad SMARTS) is 1. The summed E-state index contributed by atoms with van der Waals surface area (Å²) >= 11 is 0. The fourth-order valence-electron chi connectivity index (χ4n) is 1.22. The van der Waals surface area contributed by atoms with Crippen molar-refractivity contribution in [3.8, 4) is 5.88 Å². The Morgan fingerprint density at radius 3 is 2.87 bits per heavy atom. The van der Waals surface area contributed by atoms with Gasteiger partial charge < -0.3 is 10.2 Å². The Bertz CT molecular complexity index is 564. The van der Waals surface area contributed by atoms with Crippen LogP contribution in [0.25, 0.3) is 5.65 Å². The molecule has 0 aliphatic carbocycles. The highest BCUT2D eigenvalue weighted by molar-refractivity contribution is 5.94. The molecule has 2 rings (SSSR count). The van der Waals surface area contributed by atoms with Crippen LogP contribution in [0.15, 0.2) is 6.20 Å². The molecular formula is C8H6FN3O3. The monoisotopic (exact) mass is 211 g/mol. The van der Waals surface area contributed by atoms with Crippen molar-refractivity contribution >= 4 is 11.6 Å². The van der Waals surface area contributed by atoms with Gasteiger partial charge >= 0.3 is 5.97 Å². The summed E-state index contributed by atoms with van der Waals surface area (Å²) in [5, 5.41) is 21.6. The average Bonchev–Trinajstić information content (AvgIpc) is 2.58. The van der Waals surface area contributed by atoms with E-state index in [0.717, 1.165) is 10.7 Å². The van der Waals surface area contributed by atoms with E-state index in [1.807, 2.05) is 0 Å². The second-order valence-corrected chi connectivity index (χ2v) is 2.93. The molecule has 0 saturated heterocycles. The molecule has 0 bridgehead atoms. The lowest BCUT2D eigenvalue weighted by molar-refractivity contribution is 0.0698. The van der Waals surface area contributed by atoms with E-state index < -0.39 is 17.7 Å². The Balaban J connectivity index is 2.89. The van der Waals surface area contributed by atoms with Gasteiger partial charge in [0.1, 0.15) is 5.56 Å². The highest BCUT2D eigenvalue weighted by atomic mass is 19.1. The zero-order valence-corrected chi connectivity index (χ0v) is 7.60. The first-order valence-corrected chi connectivity index (χ1v) is 3.98. The molecule has 2 heterocycles. The van der Waals surface area contributed by atoms with Gasteiger partial charge in [-0.1, -0.05) is 0 Å². The number of hydrogen-bond acceptors (Lipinski definition) is 4. The summed E-state index contributed by atoms with van der Waals surface area (Å²) in [4.78, 5) is 14.4. The number of carboxylic acids is 1. The fraction of sp³-hybridized carbons (Fsp3) is 0.125. The van der Waals surface area contributed by atoms with E-state index in [2.05, 4.69) is 10.1 Å². The van der Waals surface area contributed by atoms with Gasteiger partial charge in [0.05, 0.1) is 11.9 Å². The number of halogens is 1. The molecule has 0 radical (unpaired) electrons. The van der Waals surface area contributed by atoms with E-state index in [1.165, 1.54) is 6.92 Å². The Morgan fingerprint density at radius 1 is 1.60 bits per heavy atom. The minimum Gasteiger partial charge on any atom is -0.491 e. The van der Waals surface area contributed by atoms with Crippen LogP contribution >= 0.6 is 0 Å². The number of carbonyl (C=O) groups is 1. The molecule has 0 aliphatic heterocycles. The summed E-state index contributed by atoms with van der Waals surface area (Å²) in [7, 11) is 0. The van der Waals surface area contributed by atoms with E-state index in [-0.39, 0.29) is 16.9 Å². The van der Waals surface area contributed by atoms with Gasteiger partial charge in [-0.15, -0.1) is 0 Å². The first kappa shape index (κ1) is 9.38. The molecule has 0 spiro atoms. The van der Waals surface area contributed by atoms with Crippen molar-refractivity contribution in [2.24, 2.45) is 0 Å². The average molecular weight is 211 g/mol. The third-order valence-corrected chi connectivity index (χ3v) is 1.96. The molecule has 7 heteroatoms. The minimum atomic E-state index is -1.23. The zero-order chi connectivity index (χ0) is 11.2. The number of aromatic hydroxyl groups is 1. The SMILES string of the molecule is Cc1nc2c(C(=O)O)cnn2c(O)c1F. The van der Waals surface area contributed by atoms with Gasteiger partial charge in [-0.3, -0.25) is 0 Å². The maximum absolute atomic E-state index is 13.2. The first-order valence-electron chi connectivity index (χ1n) is 3.98. The van der Waals surface area contributed by atoms with Crippen molar-refractivity contribution in [2.75, 3.05) is 0 Å². The molecule has 2 aromatic rings. The molecule has 0 aromatic carbocycles. The van der Waals surface area contributed by atoms with Crippen molar-refractivity contribution in [1.82, 2.24) is 14.6 Å². The molecule has 2 N–H and O–H groups in total. The summed E-state index contributed by atoms with van der Waals surface area (Å²) in [6.07, 6.45) is 1.00. The number of rotatable bonds is 1. The Morgan fingerprint density at radius 2 is 2.27 bits per heavy atom. The van der Waals surface area contributed by atoms with Crippen molar-refractivity contribution in [1.29, 1.82) is 0 Å². The second-order valence-electron chi connectivity index (χ2n) is 2.93. The van der Waals surface area contributed by atoms with Gasteiger partial charge in [0.25, 0.3) is 5.88 Å². The van der Waals surface area contributed by atoms with Gasteiger partial charge in [0.2, 0.25) is 5.82 Å². The fourth-order valence-corrected chi connectivity index (χ4v) is 1.22. The van der Waals surface area contributed by atoms with Gasteiger partial charge in [-0.2, -0.15) is 14.0 Å². The normalized spacial score (nSPS) is 10.8. The van der Waals surface area contributed by atoms with Crippen LogP contribution in [-0.4, -0.2) is 30.8 Å². The number of aryl methyl sites for hydroxylation is 1. The predicted octanol–water partition coefficient (Wildman–Crippen LogP) is 0.581. The van der Waals surface area contributed by atoms with Crippen LogP contribution in [0.2, 0.25) is 0 Å². The number of hydrogen-bond donors (Lipinski definition) is 2. The molecule has 0 atom stereocenters. The Kier molecular flexibility index (Phi) is 1.82. The molecular weight excluding hydrogens is 205 g/mol. The summed E-state index contributed by atoms with van der Waals surface area (Å²) in [6, 6.07) is 0. The molecule has 0 saturated carbocycles. The van der Waals surface area contributed by atoms with Gasteiger partial charge in [-0.05, 0) is 6.92 Å². The van der Waals surface area contributed by atoms with Crippen LogP contribution in [-0.2, 0) is 0 Å². The smallest absolute Gasteiger partial charge is 0.341 e. The molecule has 0 amide bonds.